The predicted molar refractivity (Wildman–Crippen MR) is 82.7 cm³/mol. The third-order valence-electron chi connectivity index (χ3n) is 3.07. The van der Waals surface area contributed by atoms with Gasteiger partial charge in [-0.3, -0.25) is 9.48 Å². The number of carbonyl (C=O) groups is 1. The van der Waals surface area contributed by atoms with Crippen LogP contribution in [0.3, 0.4) is 0 Å². The molecule has 1 aromatic heterocycles. The van der Waals surface area contributed by atoms with Crippen LogP contribution < -0.4 is 0 Å². The molecule has 1 heterocycles. The lowest BCUT2D eigenvalue weighted by atomic mass is 10.2. The monoisotopic (exact) mass is 282 g/mol. The predicted octanol–water partition coefficient (Wildman–Crippen LogP) is 3.75. The number of aromatic nitrogens is 2. The minimum atomic E-state index is 0.278. The highest BCUT2D eigenvalue weighted by Crippen LogP contribution is 2.15. The summed E-state index contributed by atoms with van der Waals surface area (Å²) in [5, 5.41) is 4.52. The van der Waals surface area contributed by atoms with Crippen LogP contribution in [-0.2, 0) is 11.2 Å². The standard InChI is InChI=1S/C15H26N2OS/c1-5-14(6-2)17-8-7-13(16-17)9-15(18)11-19-10-12(3)4/h7-8,12,14H,5-6,9-11H2,1-4H3. The van der Waals surface area contributed by atoms with Gasteiger partial charge in [0.05, 0.1) is 23.9 Å². The van der Waals surface area contributed by atoms with Crippen LogP contribution >= 0.6 is 11.8 Å². The van der Waals surface area contributed by atoms with Gasteiger partial charge in [-0.15, -0.1) is 0 Å². The first-order valence-corrected chi connectivity index (χ1v) is 8.35. The molecule has 0 N–H and O–H groups in total. The Morgan fingerprint density at radius 1 is 1.37 bits per heavy atom. The van der Waals surface area contributed by atoms with Gasteiger partial charge in [0, 0.05) is 6.20 Å². The fourth-order valence-corrected chi connectivity index (χ4v) is 2.92. The number of hydrogen-bond donors (Lipinski definition) is 0. The first-order valence-electron chi connectivity index (χ1n) is 7.20. The van der Waals surface area contributed by atoms with Gasteiger partial charge in [-0.05, 0) is 30.6 Å². The van der Waals surface area contributed by atoms with Crippen LogP contribution in [0.25, 0.3) is 0 Å². The summed E-state index contributed by atoms with van der Waals surface area (Å²) in [5.74, 6) is 2.58. The lowest BCUT2D eigenvalue weighted by Crippen LogP contribution is -2.10. The zero-order valence-corrected chi connectivity index (χ0v) is 13.4. The number of rotatable bonds is 9. The summed E-state index contributed by atoms with van der Waals surface area (Å²) in [4.78, 5) is 11.8. The molecule has 0 radical (unpaired) electrons. The summed E-state index contributed by atoms with van der Waals surface area (Å²) in [6.45, 7) is 8.69. The molecule has 0 aliphatic rings. The van der Waals surface area contributed by atoms with Crippen LogP contribution in [0.1, 0.15) is 52.3 Å². The molecule has 0 amide bonds. The fraction of sp³-hybridized carbons (Fsp3) is 0.733. The van der Waals surface area contributed by atoms with E-state index in [1.54, 1.807) is 11.8 Å². The molecule has 0 aliphatic heterocycles. The Labute approximate surface area is 121 Å². The summed E-state index contributed by atoms with van der Waals surface area (Å²) >= 11 is 1.73. The van der Waals surface area contributed by atoms with Crippen molar-refractivity contribution in [1.29, 1.82) is 0 Å². The smallest absolute Gasteiger partial charge is 0.148 e. The molecule has 0 unspecified atom stereocenters. The molecule has 0 spiro atoms. The normalized spacial score (nSPS) is 11.5. The van der Waals surface area contributed by atoms with Crippen molar-refractivity contribution in [2.24, 2.45) is 5.92 Å². The van der Waals surface area contributed by atoms with Crippen LogP contribution in [0, 0.1) is 5.92 Å². The number of carbonyl (C=O) groups excluding carboxylic acids is 1. The van der Waals surface area contributed by atoms with Gasteiger partial charge in [-0.25, -0.2) is 0 Å². The topological polar surface area (TPSA) is 34.9 Å². The van der Waals surface area contributed by atoms with Crippen molar-refractivity contribution in [2.75, 3.05) is 11.5 Å². The molecule has 0 saturated heterocycles. The van der Waals surface area contributed by atoms with E-state index in [9.17, 15) is 4.79 Å². The number of hydrogen-bond acceptors (Lipinski definition) is 3. The maximum atomic E-state index is 11.8. The Morgan fingerprint density at radius 3 is 2.63 bits per heavy atom. The molecule has 3 nitrogen and oxygen atoms in total. The van der Waals surface area contributed by atoms with Crippen molar-refractivity contribution in [3.05, 3.63) is 18.0 Å². The summed E-state index contributed by atoms with van der Waals surface area (Å²) in [5.41, 5.74) is 0.905. The maximum Gasteiger partial charge on any atom is 0.148 e. The summed E-state index contributed by atoms with van der Waals surface area (Å²) in [6, 6.07) is 2.43. The lowest BCUT2D eigenvalue weighted by molar-refractivity contribution is -0.116. The zero-order valence-electron chi connectivity index (χ0n) is 12.6. The molecule has 19 heavy (non-hydrogen) atoms. The van der Waals surface area contributed by atoms with Gasteiger partial charge in [0.1, 0.15) is 5.78 Å². The molecule has 0 fully saturated rings. The first kappa shape index (κ1) is 16.3. The van der Waals surface area contributed by atoms with Crippen molar-refractivity contribution in [3.63, 3.8) is 0 Å². The quantitative estimate of drug-likeness (QED) is 0.692. The highest BCUT2D eigenvalue weighted by atomic mass is 32.2. The second kappa shape index (κ2) is 8.41. The Bertz CT molecular complexity index is 383. The third kappa shape index (κ3) is 5.81. The van der Waals surface area contributed by atoms with Crippen LogP contribution in [0.2, 0.25) is 0 Å². The van der Waals surface area contributed by atoms with E-state index in [-0.39, 0.29) is 5.78 Å². The van der Waals surface area contributed by atoms with Crippen LogP contribution in [0.15, 0.2) is 12.3 Å². The van der Waals surface area contributed by atoms with Crippen LogP contribution in [-0.4, -0.2) is 27.1 Å². The zero-order chi connectivity index (χ0) is 14.3. The van der Waals surface area contributed by atoms with Crippen LogP contribution in [0.5, 0.6) is 0 Å². The summed E-state index contributed by atoms with van der Waals surface area (Å²) < 4.78 is 2.00. The van der Waals surface area contributed by atoms with E-state index >= 15 is 0 Å². The first-order chi connectivity index (χ1) is 9.06. The van der Waals surface area contributed by atoms with Gasteiger partial charge >= 0.3 is 0 Å². The van der Waals surface area contributed by atoms with Gasteiger partial charge in [-0.2, -0.15) is 16.9 Å². The van der Waals surface area contributed by atoms with Crippen molar-refractivity contribution >= 4 is 17.5 Å². The molecule has 0 bridgehead atoms. The van der Waals surface area contributed by atoms with E-state index in [0.29, 0.717) is 24.1 Å². The molecular formula is C15H26N2OS. The number of nitrogens with zero attached hydrogens (tertiary/aromatic N) is 2. The summed E-state index contributed by atoms with van der Waals surface area (Å²) in [6.07, 6.45) is 4.63. The Morgan fingerprint density at radius 2 is 2.05 bits per heavy atom. The summed E-state index contributed by atoms with van der Waals surface area (Å²) in [7, 11) is 0. The van der Waals surface area contributed by atoms with E-state index in [4.69, 9.17) is 0 Å². The number of thioether (sulfide) groups is 1. The highest BCUT2D eigenvalue weighted by molar-refractivity contribution is 7.99. The Kier molecular flexibility index (Phi) is 7.21. The average Bonchev–Trinajstić information content (AvgIpc) is 2.78. The van der Waals surface area contributed by atoms with E-state index in [1.165, 1.54) is 0 Å². The van der Waals surface area contributed by atoms with E-state index in [0.717, 1.165) is 24.3 Å². The van der Waals surface area contributed by atoms with Gasteiger partial charge < -0.3 is 0 Å². The molecule has 0 aliphatic carbocycles. The van der Waals surface area contributed by atoms with Crippen molar-refractivity contribution in [2.45, 2.75) is 53.0 Å². The van der Waals surface area contributed by atoms with Crippen molar-refractivity contribution in [1.82, 2.24) is 9.78 Å². The van der Waals surface area contributed by atoms with Crippen molar-refractivity contribution in [3.8, 4) is 0 Å². The molecule has 1 rings (SSSR count). The molecule has 1 aromatic rings. The third-order valence-corrected chi connectivity index (χ3v) is 4.50. The molecule has 4 heteroatoms. The second-order valence-corrected chi connectivity index (χ2v) is 6.41. The fourth-order valence-electron chi connectivity index (χ4n) is 2.00. The molecule has 108 valence electrons. The number of Topliss-reactive ketones (excluding diaryl/α,β-unsaturated/α-hetero) is 1. The molecule has 0 aromatic carbocycles. The Balaban J connectivity index is 2.42. The Hall–Kier alpha value is -0.770. The van der Waals surface area contributed by atoms with E-state index < -0.39 is 0 Å². The maximum absolute atomic E-state index is 11.8. The average molecular weight is 282 g/mol. The largest absolute Gasteiger partial charge is 0.298 e. The van der Waals surface area contributed by atoms with E-state index in [2.05, 4.69) is 32.8 Å². The van der Waals surface area contributed by atoms with Gasteiger partial charge in [-0.1, -0.05) is 27.7 Å². The molecule has 0 atom stereocenters. The highest BCUT2D eigenvalue weighted by Gasteiger charge is 2.10. The van der Waals surface area contributed by atoms with Gasteiger partial charge in [0.2, 0.25) is 0 Å². The molecular weight excluding hydrogens is 256 g/mol. The number of ketones is 1. The second-order valence-electron chi connectivity index (χ2n) is 5.38. The minimum Gasteiger partial charge on any atom is -0.298 e. The molecule has 0 saturated carbocycles. The minimum absolute atomic E-state index is 0.278. The lowest BCUT2D eigenvalue weighted by Gasteiger charge is -2.12. The van der Waals surface area contributed by atoms with Crippen molar-refractivity contribution < 1.29 is 4.79 Å². The van der Waals surface area contributed by atoms with E-state index in [1.807, 2.05) is 16.9 Å². The SMILES string of the molecule is CCC(CC)n1ccc(CC(=O)CSCC(C)C)n1. The van der Waals surface area contributed by atoms with Crippen LogP contribution in [0.4, 0.5) is 0 Å². The van der Waals surface area contributed by atoms with Gasteiger partial charge in [0.25, 0.3) is 0 Å². The van der Waals surface area contributed by atoms with Gasteiger partial charge in [0.15, 0.2) is 0 Å².